The molecule has 0 aromatic heterocycles. The lowest BCUT2D eigenvalue weighted by Crippen LogP contribution is -2.09. The molecule has 0 amide bonds. The van der Waals surface area contributed by atoms with Gasteiger partial charge in [0, 0.05) is 6.61 Å². The van der Waals surface area contributed by atoms with Crippen LogP contribution in [0.4, 0.5) is 0 Å². The first-order valence-corrected chi connectivity index (χ1v) is 8.54. The summed E-state index contributed by atoms with van der Waals surface area (Å²) >= 11 is 0. The summed E-state index contributed by atoms with van der Waals surface area (Å²) in [6.07, 6.45) is 11.4. The van der Waals surface area contributed by atoms with E-state index in [0.717, 1.165) is 18.6 Å². The molecule has 1 unspecified atom stereocenters. The minimum atomic E-state index is 0.285. The highest BCUT2D eigenvalue weighted by Crippen LogP contribution is 2.20. The highest BCUT2D eigenvalue weighted by molar-refractivity contribution is 5.28. The molecule has 0 spiro atoms. The van der Waals surface area contributed by atoms with Crippen LogP contribution >= 0.6 is 0 Å². The molecule has 0 aliphatic heterocycles. The van der Waals surface area contributed by atoms with Crippen molar-refractivity contribution in [2.75, 3.05) is 13.7 Å². The zero-order valence-electron chi connectivity index (χ0n) is 13.8. The summed E-state index contributed by atoms with van der Waals surface area (Å²) in [6.45, 7) is 2.54. The Labute approximate surface area is 130 Å². The summed E-state index contributed by atoms with van der Waals surface area (Å²) in [4.78, 5) is 0. The average Bonchev–Trinajstić information content (AvgIpc) is 2.53. The predicted octanol–water partition coefficient (Wildman–Crippen LogP) is 4.99. The standard InChI is InChI=1S/C19H32O2/c1-3-4-5-6-7-8-9-11-18(16-20)14-17-12-10-13-19(15-17)21-2/h10,12-13,15,18,20H,3-9,11,14,16H2,1-2H3. The van der Waals surface area contributed by atoms with Gasteiger partial charge in [-0.1, -0.05) is 64.0 Å². The number of ether oxygens (including phenoxy) is 1. The number of rotatable bonds is 12. The molecule has 1 N–H and O–H groups in total. The van der Waals surface area contributed by atoms with E-state index in [0.29, 0.717) is 5.92 Å². The van der Waals surface area contributed by atoms with Gasteiger partial charge in [0.2, 0.25) is 0 Å². The Bertz CT molecular complexity index is 362. The Morgan fingerprint density at radius 3 is 2.43 bits per heavy atom. The quantitative estimate of drug-likeness (QED) is 0.550. The van der Waals surface area contributed by atoms with Crippen molar-refractivity contribution in [1.29, 1.82) is 0 Å². The first kappa shape index (κ1) is 18.0. The number of methoxy groups -OCH3 is 1. The molecule has 0 radical (unpaired) electrons. The van der Waals surface area contributed by atoms with Gasteiger partial charge in [0.05, 0.1) is 7.11 Å². The molecule has 2 nitrogen and oxygen atoms in total. The Hall–Kier alpha value is -1.02. The van der Waals surface area contributed by atoms with Gasteiger partial charge in [-0.3, -0.25) is 0 Å². The van der Waals surface area contributed by atoms with E-state index in [1.165, 1.54) is 50.5 Å². The maximum atomic E-state index is 9.56. The molecule has 120 valence electrons. The smallest absolute Gasteiger partial charge is 0.119 e. The second-order valence-corrected chi connectivity index (χ2v) is 6.01. The molecule has 0 aliphatic rings. The summed E-state index contributed by atoms with van der Waals surface area (Å²) < 4.78 is 5.25. The molecule has 0 aliphatic carbocycles. The predicted molar refractivity (Wildman–Crippen MR) is 89.9 cm³/mol. The van der Waals surface area contributed by atoms with Crippen molar-refractivity contribution in [2.24, 2.45) is 5.92 Å². The van der Waals surface area contributed by atoms with Crippen LogP contribution in [0.5, 0.6) is 5.75 Å². The van der Waals surface area contributed by atoms with Gasteiger partial charge in [-0.2, -0.15) is 0 Å². The lowest BCUT2D eigenvalue weighted by molar-refractivity contribution is 0.214. The number of aliphatic hydroxyl groups excluding tert-OH is 1. The van der Waals surface area contributed by atoms with Crippen molar-refractivity contribution in [3.8, 4) is 5.75 Å². The lowest BCUT2D eigenvalue weighted by Gasteiger charge is -2.14. The molecular weight excluding hydrogens is 260 g/mol. The van der Waals surface area contributed by atoms with Gasteiger partial charge in [-0.25, -0.2) is 0 Å². The monoisotopic (exact) mass is 292 g/mol. The zero-order valence-corrected chi connectivity index (χ0v) is 13.8. The molecule has 1 rings (SSSR count). The van der Waals surface area contributed by atoms with Gasteiger partial charge in [0.15, 0.2) is 0 Å². The minimum Gasteiger partial charge on any atom is -0.497 e. The SMILES string of the molecule is CCCCCCCCCC(CO)Cc1cccc(OC)c1. The van der Waals surface area contributed by atoms with Gasteiger partial charge in [-0.05, 0) is 36.5 Å². The highest BCUT2D eigenvalue weighted by atomic mass is 16.5. The maximum Gasteiger partial charge on any atom is 0.119 e. The first-order chi connectivity index (χ1) is 10.3. The van der Waals surface area contributed by atoms with E-state index in [-0.39, 0.29) is 6.61 Å². The highest BCUT2D eigenvalue weighted by Gasteiger charge is 2.09. The number of hydrogen-bond donors (Lipinski definition) is 1. The fraction of sp³-hybridized carbons (Fsp3) is 0.684. The van der Waals surface area contributed by atoms with E-state index in [9.17, 15) is 5.11 Å². The van der Waals surface area contributed by atoms with Crippen molar-refractivity contribution in [3.63, 3.8) is 0 Å². The number of aliphatic hydroxyl groups is 1. The van der Waals surface area contributed by atoms with Crippen LogP contribution in [-0.2, 0) is 6.42 Å². The van der Waals surface area contributed by atoms with E-state index in [1.807, 2.05) is 12.1 Å². The van der Waals surface area contributed by atoms with Crippen LogP contribution in [0, 0.1) is 5.92 Å². The summed E-state index contributed by atoms with van der Waals surface area (Å²) in [6, 6.07) is 8.19. The van der Waals surface area contributed by atoms with E-state index < -0.39 is 0 Å². The Morgan fingerprint density at radius 1 is 1.05 bits per heavy atom. The normalized spacial score (nSPS) is 12.3. The molecule has 2 heteroatoms. The summed E-state index contributed by atoms with van der Waals surface area (Å²) in [5.74, 6) is 1.29. The van der Waals surface area contributed by atoms with E-state index in [2.05, 4.69) is 19.1 Å². The Kier molecular flexibility index (Phi) is 9.98. The minimum absolute atomic E-state index is 0.285. The second-order valence-electron chi connectivity index (χ2n) is 6.01. The van der Waals surface area contributed by atoms with E-state index >= 15 is 0 Å². The Balaban J connectivity index is 2.22. The molecule has 1 aromatic rings. The fourth-order valence-corrected chi connectivity index (χ4v) is 2.78. The van der Waals surface area contributed by atoms with Crippen LogP contribution in [0.15, 0.2) is 24.3 Å². The van der Waals surface area contributed by atoms with E-state index in [4.69, 9.17) is 4.74 Å². The van der Waals surface area contributed by atoms with Crippen LogP contribution in [0.1, 0.15) is 63.9 Å². The molecular formula is C19H32O2. The fourth-order valence-electron chi connectivity index (χ4n) is 2.78. The van der Waals surface area contributed by atoms with E-state index in [1.54, 1.807) is 7.11 Å². The van der Waals surface area contributed by atoms with Gasteiger partial charge in [0.25, 0.3) is 0 Å². The van der Waals surface area contributed by atoms with Gasteiger partial charge >= 0.3 is 0 Å². The van der Waals surface area contributed by atoms with Gasteiger partial charge in [0.1, 0.15) is 5.75 Å². The van der Waals surface area contributed by atoms with Crippen molar-refractivity contribution in [2.45, 2.75) is 64.7 Å². The Morgan fingerprint density at radius 2 is 1.76 bits per heavy atom. The van der Waals surface area contributed by atoms with Crippen LogP contribution < -0.4 is 4.74 Å². The number of hydrogen-bond acceptors (Lipinski definition) is 2. The van der Waals surface area contributed by atoms with Crippen LogP contribution in [0.2, 0.25) is 0 Å². The summed E-state index contributed by atoms with van der Waals surface area (Å²) in [5, 5.41) is 9.56. The third-order valence-electron chi connectivity index (χ3n) is 4.13. The summed E-state index contributed by atoms with van der Waals surface area (Å²) in [7, 11) is 1.70. The lowest BCUT2D eigenvalue weighted by atomic mass is 9.94. The van der Waals surface area contributed by atoms with Crippen LogP contribution in [-0.4, -0.2) is 18.8 Å². The average molecular weight is 292 g/mol. The first-order valence-electron chi connectivity index (χ1n) is 8.54. The molecule has 0 heterocycles. The van der Waals surface area contributed by atoms with Crippen molar-refractivity contribution in [3.05, 3.63) is 29.8 Å². The third kappa shape index (κ3) is 8.11. The summed E-state index contributed by atoms with van der Waals surface area (Å²) in [5.41, 5.74) is 1.26. The van der Waals surface area contributed by atoms with Crippen molar-refractivity contribution >= 4 is 0 Å². The largest absolute Gasteiger partial charge is 0.497 e. The molecule has 1 aromatic carbocycles. The second kappa shape index (κ2) is 11.6. The maximum absolute atomic E-state index is 9.56. The molecule has 0 fully saturated rings. The molecule has 0 saturated heterocycles. The van der Waals surface area contributed by atoms with Gasteiger partial charge in [-0.15, -0.1) is 0 Å². The van der Waals surface area contributed by atoms with Gasteiger partial charge < -0.3 is 9.84 Å². The third-order valence-corrected chi connectivity index (χ3v) is 4.13. The molecule has 0 saturated carbocycles. The number of benzene rings is 1. The molecule has 1 atom stereocenters. The number of unbranched alkanes of at least 4 members (excludes halogenated alkanes) is 6. The molecule has 21 heavy (non-hydrogen) atoms. The van der Waals surface area contributed by atoms with Crippen molar-refractivity contribution < 1.29 is 9.84 Å². The van der Waals surface area contributed by atoms with Crippen LogP contribution in [0.3, 0.4) is 0 Å². The molecule has 0 bridgehead atoms. The van der Waals surface area contributed by atoms with Crippen LogP contribution in [0.25, 0.3) is 0 Å². The van der Waals surface area contributed by atoms with Crippen molar-refractivity contribution in [1.82, 2.24) is 0 Å². The zero-order chi connectivity index (χ0) is 15.3. The topological polar surface area (TPSA) is 29.5 Å².